The minimum Gasteiger partial charge on any atom is -0.482 e. The first-order valence-corrected chi connectivity index (χ1v) is 5.88. The summed E-state index contributed by atoms with van der Waals surface area (Å²) in [4.78, 5) is 14.5. The Labute approximate surface area is 115 Å². The zero-order valence-electron chi connectivity index (χ0n) is 10.5. The highest BCUT2D eigenvalue weighted by Crippen LogP contribution is 2.14. The molecule has 0 aliphatic carbocycles. The van der Waals surface area contributed by atoms with Gasteiger partial charge in [-0.15, -0.1) is 0 Å². The summed E-state index contributed by atoms with van der Waals surface area (Å²) in [5, 5.41) is 8.49. The number of aliphatic imine (C=N–C) groups is 1. The molecule has 0 saturated heterocycles. The zero-order chi connectivity index (χ0) is 14.4. The summed E-state index contributed by atoms with van der Waals surface area (Å²) >= 11 is 0. The molecule has 0 unspecified atom stereocenters. The first kappa shape index (κ1) is 13.7. The molecular weight excluding hydrogens is 261 g/mol. The molecule has 102 valence electrons. The molecule has 0 atom stereocenters. The van der Waals surface area contributed by atoms with Crippen molar-refractivity contribution < 1.29 is 19.0 Å². The lowest BCUT2D eigenvalue weighted by molar-refractivity contribution is -0.139. The van der Waals surface area contributed by atoms with Gasteiger partial charge in [-0.1, -0.05) is 0 Å². The monoisotopic (exact) mass is 273 g/mol. The van der Waals surface area contributed by atoms with Crippen molar-refractivity contribution in [3.05, 3.63) is 59.9 Å². The number of benzene rings is 2. The van der Waals surface area contributed by atoms with Gasteiger partial charge in [0.1, 0.15) is 11.6 Å². The second-order valence-electron chi connectivity index (χ2n) is 3.99. The fourth-order valence-corrected chi connectivity index (χ4v) is 1.47. The molecule has 0 aliphatic rings. The highest BCUT2D eigenvalue weighted by molar-refractivity contribution is 5.82. The summed E-state index contributed by atoms with van der Waals surface area (Å²) < 4.78 is 17.7. The van der Waals surface area contributed by atoms with Crippen LogP contribution in [-0.2, 0) is 4.79 Å². The molecule has 4 nitrogen and oxygen atoms in total. The van der Waals surface area contributed by atoms with Crippen molar-refractivity contribution in [3.63, 3.8) is 0 Å². The van der Waals surface area contributed by atoms with Crippen molar-refractivity contribution in [1.82, 2.24) is 0 Å². The topological polar surface area (TPSA) is 58.9 Å². The van der Waals surface area contributed by atoms with E-state index in [1.807, 2.05) is 0 Å². The quantitative estimate of drug-likeness (QED) is 0.852. The molecule has 2 aromatic carbocycles. The summed E-state index contributed by atoms with van der Waals surface area (Å²) in [6.45, 7) is -0.372. The van der Waals surface area contributed by atoms with E-state index >= 15 is 0 Å². The maximum Gasteiger partial charge on any atom is 0.341 e. The van der Waals surface area contributed by atoms with Gasteiger partial charge < -0.3 is 9.84 Å². The molecule has 0 bridgehead atoms. The van der Waals surface area contributed by atoms with Gasteiger partial charge in [0.25, 0.3) is 0 Å². The number of aliphatic carboxylic acids is 1. The van der Waals surface area contributed by atoms with Gasteiger partial charge in [-0.2, -0.15) is 0 Å². The van der Waals surface area contributed by atoms with Gasteiger partial charge in [0, 0.05) is 6.21 Å². The molecular formula is C15H12FNO3. The lowest BCUT2D eigenvalue weighted by Crippen LogP contribution is -2.09. The van der Waals surface area contributed by atoms with Crippen molar-refractivity contribution in [2.45, 2.75) is 0 Å². The number of carboxylic acids is 1. The molecule has 0 spiro atoms. The zero-order valence-corrected chi connectivity index (χ0v) is 10.5. The SMILES string of the molecule is O=C(O)COc1ccc(/C=N/c2ccc(F)cc2)cc1. The molecule has 0 aliphatic heterocycles. The van der Waals surface area contributed by atoms with Crippen molar-refractivity contribution in [3.8, 4) is 5.75 Å². The average molecular weight is 273 g/mol. The number of carboxylic acid groups (broad SMARTS) is 1. The van der Waals surface area contributed by atoms with Crippen LogP contribution in [0, 0.1) is 5.82 Å². The molecule has 1 N–H and O–H groups in total. The number of hydrogen-bond acceptors (Lipinski definition) is 3. The van der Waals surface area contributed by atoms with Crippen LogP contribution in [0.5, 0.6) is 5.75 Å². The molecule has 5 heteroatoms. The third-order valence-electron chi connectivity index (χ3n) is 2.43. The van der Waals surface area contributed by atoms with E-state index in [4.69, 9.17) is 9.84 Å². The van der Waals surface area contributed by atoms with Crippen LogP contribution in [-0.4, -0.2) is 23.9 Å². The Morgan fingerprint density at radius 2 is 1.80 bits per heavy atom. The Balaban J connectivity index is 1.99. The summed E-state index contributed by atoms with van der Waals surface area (Å²) in [6, 6.07) is 12.7. The molecule has 0 saturated carbocycles. The highest BCUT2D eigenvalue weighted by Gasteiger charge is 1.98. The van der Waals surface area contributed by atoms with Crippen LogP contribution < -0.4 is 4.74 Å². The third-order valence-corrected chi connectivity index (χ3v) is 2.43. The third kappa shape index (κ3) is 4.20. The largest absolute Gasteiger partial charge is 0.482 e. The summed E-state index contributed by atoms with van der Waals surface area (Å²) in [5.41, 5.74) is 1.48. The maximum absolute atomic E-state index is 12.7. The fraction of sp³-hybridized carbons (Fsp3) is 0.0667. The van der Waals surface area contributed by atoms with Gasteiger partial charge in [-0.25, -0.2) is 9.18 Å². The van der Waals surface area contributed by atoms with E-state index in [2.05, 4.69) is 4.99 Å². The van der Waals surface area contributed by atoms with E-state index in [9.17, 15) is 9.18 Å². The van der Waals surface area contributed by atoms with Crippen molar-refractivity contribution in [2.24, 2.45) is 4.99 Å². The second kappa shape index (κ2) is 6.47. The molecule has 20 heavy (non-hydrogen) atoms. The average Bonchev–Trinajstić information content (AvgIpc) is 2.45. The number of nitrogens with zero attached hydrogens (tertiary/aromatic N) is 1. The first-order chi connectivity index (χ1) is 9.63. The standard InChI is InChI=1S/C15H12FNO3/c16-12-3-5-13(6-4-12)17-9-11-1-7-14(8-2-11)20-10-15(18)19/h1-9H,10H2,(H,18,19)/b17-9+. The predicted molar refractivity (Wildman–Crippen MR) is 73.2 cm³/mol. The predicted octanol–water partition coefficient (Wildman–Crippen LogP) is 3.04. The van der Waals surface area contributed by atoms with E-state index in [1.54, 1.807) is 42.6 Å². The van der Waals surface area contributed by atoms with Gasteiger partial charge in [0.05, 0.1) is 5.69 Å². The van der Waals surface area contributed by atoms with Gasteiger partial charge in [0.2, 0.25) is 0 Å². The number of carbonyl (C=O) groups is 1. The van der Waals surface area contributed by atoms with Gasteiger partial charge in [0.15, 0.2) is 6.61 Å². The number of hydrogen-bond donors (Lipinski definition) is 1. The Hall–Kier alpha value is -2.69. The van der Waals surface area contributed by atoms with Crippen molar-refractivity contribution >= 4 is 17.9 Å². The first-order valence-electron chi connectivity index (χ1n) is 5.88. The minimum atomic E-state index is -1.02. The van der Waals surface area contributed by atoms with Crippen LogP contribution in [0.15, 0.2) is 53.5 Å². The van der Waals surface area contributed by atoms with Gasteiger partial charge >= 0.3 is 5.97 Å². The number of ether oxygens (including phenoxy) is 1. The molecule has 0 fully saturated rings. The number of rotatable bonds is 5. The molecule has 2 aromatic rings. The van der Waals surface area contributed by atoms with Gasteiger partial charge in [-0.3, -0.25) is 4.99 Å². The van der Waals surface area contributed by atoms with Crippen LogP contribution in [0.4, 0.5) is 10.1 Å². The van der Waals surface area contributed by atoms with E-state index in [1.165, 1.54) is 12.1 Å². The Morgan fingerprint density at radius 1 is 1.15 bits per heavy atom. The lowest BCUT2D eigenvalue weighted by atomic mass is 10.2. The summed E-state index contributed by atoms with van der Waals surface area (Å²) in [5.74, 6) is -0.845. The molecule has 0 aromatic heterocycles. The Kier molecular flexibility index (Phi) is 4.44. The molecule has 0 heterocycles. The van der Waals surface area contributed by atoms with Crippen molar-refractivity contribution in [1.29, 1.82) is 0 Å². The van der Waals surface area contributed by atoms with E-state index in [0.717, 1.165) is 5.56 Å². The minimum absolute atomic E-state index is 0.302. The van der Waals surface area contributed by atoms with E-state index < -0.39 is 5.97 Å². The Bertz CT molecular complexity index is 606. The normalized spacial score (nSPS) is 10.7. The van der Waals surface area contributed by atoms with Crippen LogP contribution in [0.1, 0.15) is 5.56 Å². The maximum atomic E-state index is 12.7. The Morgan fingerprint density at radius 3 is 2.40 bits per heavy atom. The fourth-order valence-electron chi connectivity index (χ4n) is 1.47. The summed E-state index contributed by atoms with van der Waals surface area (Å²) in [7, 11) is 0. The smallest absolute Gasteiger partial charge is 0.341 e. The lowest BCUT2D eigenvalue weighted by Gasteiger charge is -2.02. The second-order valence-corrected chi connectivity index (χ2v) is 3.99. The highest BCUT2D eigenvalue weighted by atomic mass is 19.1. The van der Waals surface area contributed by atoms with E-state index in [-0.39, 0.29) is 12.4 Å². The van der Waals surface area contributed by atoms with Crippen LogP contribution in [0.25, 0.3) is 0 Å². The molecule has 2 rings (SSSR count). The van der Waals surface area contributed by atoms with Crippen LogP contribution >= 0.6 is 0 Å². The van der Waals surface area contributed by atoms with Crippen LogP contribution in [0.2, 0.25) is 0 Å². The number of halogens is 1. The van der Waals surface area contributed by atoms with E-state index in [0.29, 0.717) is 11.4 Å². The molecule has 0 radical (unpaired) electrons. The van der Waals surface area contributed by atoms with Crippen LogP contribution in [0.3, 0.4) is 0 Å². The molecule has 0 amide bonds. The van der Waals surface area contributed by atoms with Crippen molar-refractivity contribution in [2.75, 3.05) is 6.61 Å². The summed E-state index contributed by atoms with van der Waals surface area (Å²) in [6.07, 6.45) is 1.63. The van der Waals surface area contributed by atoms with Gasteiger partial charge in [-0.05, 0) is 54.1 Å².